The topological polar surface area (TPSA) is 339 Å². The molecule has 28 nitrogen and oxygen atoms in total. The molecule has 0 radical (unpaired) electrons. The monoisotopic (exact) mass is 1170 g/mol. The summed E-state index contributed by atoms with van der Waals surface area (Å²) in [5.41, 5.74) is -3.28. The zero-order valence-electron chi connectivity index (χ0n) is 49.6. The predicted octanol–water partition coefficient (Wildman–Crippen LogP) is 5.80. The summed E-state index contributed by atoms with van der Waals surface area (Å²) in [4.78, 5) is 128. The Morgan fingerprint density at radius 2 is 1.04 bits per heavy atom. The molecule has 0 spiro atoms. The summed E-state index contributed by atoms with van der Waals surface area (Å²) >= 11 is 0. The molecule has 4 aliphatic heterocycles. The lowest BCUT2D eigenvalue weighted by molar-refractivity contribution is -0.164. The van der Waals surface area contributed by atoms with Gasteiger partial charge in [-0.15, -0.1) is 0 Å². The van der Waals surface area contributed by atoms with Crippen molar-refractivity contribution in [3.8, 4) is 0 Å². The lowest BCUT2D eigenvalue weighted by atomic mass is 9.90. The first-order valence-corrected chi connectivity index (χ1v) is 26.4. The zero-order valence-corrected chi connectivity index (χ0v) is 49.6. The highest BCUT2D eigenvalue weighted by Gasteiger charge is 2.51. The highest BCUT2D eigenvalue weighted by Crippen LogP contribution is 2.35. The molecule has 9 unspecified atom stereocenters. The van der Waals surface area contributed by atoms with Crippen LogP contribution in [0.2, 0.25) is 0 Å². The van der Waals surface area contributed by atoms with Crippen LogP contribution in [0.4, 0.5) is 19.2 Å². The minimum absolute atomic E-state index is 0.0240. The maximum absolute atomic E-state index is 11.9. The van der Waals surface area contributed by atoms with Gasteiger partial charge in [-0.1, -0.05) is 27.7 Å². The molecule has 0 N–H and O–H groups in total. The average Bonchev–Trinajstić information content (AvgIpc) is 4.17. The van der Waals surface area contributed by atoms with Gasteiger partial charge in [0.05, 0.1) is 28.8 Å². The van der Waals surface area contributed by atoms with Crippen LogP contribution in [0.5, 0.6) is 0 Å². The SMILES string of the molecule is CCC(C)(C)C(=O)OC1CC2CC1OC(=O)O2.CCC(C)(C)C(=O)OCC1(C)OC(=O)OC1N(C)C.CCC(C)(C)C(=O)OCC1OC(=O)OC1C(=O)OC.CCC(C)(C)C(=O)OCCOC(=O)CC(=O)OCC1OC(=O)OC1OC. The Morgan fingerprint density at radius 1 is 0.556 bits per heavy atom. The van der Waals surface area contributed by atoms with Gasteiger partial charge in [0.25, 0.3) is 0 Å². The van der Waals surface area contributed by atoms with E-state index in [2.05, 4.69) is 14.2 Å². The molecule has 0 aromatic rings. The number of hydrogen-bond acceptors (Lipinski definition) is 28. The molecule has 1 aliphatic carbocycles. The molecule has 5 aliphatic rings. The molecule has 9 atom stereocenters. The van der Waals surface area contributed by atoms with Gasteiger partial charge < -0.3 is 75.8 Å². The molecular formula is C53H83NO27. The van der Waals surface area contributed by atoms with Gasteiger partial charge in [0.1, 0.15) is 57.8 Å². The van der Waals surface area contributed by atoms with Crippen molar-refractivity contribution in [3.05, 3.63) is 0 Å². The van der Waals surface area contributed by atoms with Crippen LogP contribution < -0.4 is 0 Å². The summed E-state index contributed by atoms with van der Waals surface area (Å²) in [6, 6.07) is 0. The molecule has 1 saturated carbocycles. The summed E-state index contributed by atoms with van der Waals surface area (Å²) < 4.78 is 78.6. The number of carbonyl (C=O) groups is 11. The summed E-state index contributed by atoms with van der Waals surface area (Å²) in [5.74, 6) is -3.81. The Morgan fingerprint density at radius 3 is 1.58 bits per heavy atom. The molecular weight excluding hydrogens is 1080 g/mol. The van der Waals surface area contributed by atoms with Crippen molar-refractivity contribution in [1.29, 1.82) is 0 Å². The van der Waals surface area contributed by atoms with Crippen molar-refractivity contribution < 1.29 is 129 Å². The molecule has 0 aromatic heterocycles. The van der Waals surface area contributed by atoms with Crippen LogP contribution in [0.15, 0.2) is 0 Å². The number of methoxy groups -OCH3 is 2. The molecule has 462 valence electrons. The molecule has 2 bridgehead atoms. The van der Waals surface area contributed by atoms with Gasteiger partial charge in [-0.05, 0) is 102 Å². The van der Waals surface area contributed by atoms with Crippen molar-refractivity contribution >= 4 is 66.4 Å². The highest BCUT2D eigenvalue weighted by molar-refractivity contribution is 5.91. The standard InChI is InChI=1S/C16H24O10.C13H23NO5.C12H18O7.C12H18O5/c1-5-16(2,3)14(19)23-7-6-22-11(17)8-12(18)24-9-10-13(21-4)26-15(20)25-10;1-7-12(2,3)10(15)17-8-13(4)9(14(5)6)18-11(16)19-13;1-5-12(2,3)10(14)17-6-7-8(9(13)16-4)19-11(15)18-7;1-4-12(2,3)10(13)16-8-5-7-6-9(8)17-11(14)15-7/h10,13H,5-9H2,1-4H3;9H,7-8H2,1-6H3;7-8H,5-6H2,1-4H3;7-9H,4-6H2,1-3H3. The number of esters is 7. The Labute approximate surface area is 471 Å². The van der Waals surface area contributed by atoms with E-state index in [1.54, 1.807) is 53.6 Å². The second kappa shape index (κ2) is 30.9. The average molecular weight is 1170 g/mol. The Kier molecular flexibility index (Phi) is 26.9. The summed E-state index contributed by atoms with van der Waals surface area (Å²) in [5, 5.41) is 0. The number of likely N-dealkylation sites (N-methyl/N-ethyl adjacent to an activating group) is 1. The van der Waals surface area contributed by atoms with E-state index in [0.717, 1.165) is 7.11 Å². The van der Waals surface area contributed by atoms with Crippen molar-refractivity contribution in [2.45, 2.75) is 190 Å². The number of hydrogen-bond donors (Lipinski definition) is 0. The maximum Gasteiger partial charge on any atom is 0.511 e. The smallest absolute Gasteiger partial charge is 0.466 e. The van der Waals surface area contributed by atoms with E-state index in [9.17, 15) is 52.7 Å². The van der Waals surface area contributed by atoms with Crippen LogP contribution in [0.1, 0.15) is 135 Å². The first kappa shape index (κ1) is 70.4. The molecule has 4 saturated heterocycles. The first-order valence-electron chi connectivity index (χ1n) is 26.4. The van der Waals surface area contributed by atoms with Crippen LogP contribution in [0, 0.1) is 21.7 Å². The van der Waals surface area contributed by atoms with Gasteiger partial charge in [0, 0.05) is 20.0 Å². The van der Waals surface area contributed by atoms with Crippen LogP contribution >= 0.6 is 0 Å². The van der Waals surface area contributed by atoms with E-state index in [4.69, 9.17) is 61.6 Å². The molecule has 28 heteroatoms. The third-order valence-corrected chi connectivity index (χ3v) is 13.8. The third kappa shape index (κ3) is 21.6. The van der Waals surface area contributed by atoms with E-state index in [1.807, 2.05) is 55.4 Å². The lowest BCUT2D eigenvalue weighted by Crippen LogP contribution is -2.49. The Hall–Kier alpha value is -6.71. The Balaban J connectivity index is 0.000000374. The number of fused-ring (bicyclic) bond motifs is 2. The normalized spacial score (nSPS) is 24.5. The van der Waals surface area contributed by atoms with E-state index in [0.29, 0.717) is 38.5 Å². The van der Waals surface area contributed by atoms with Crippen molar-refractivity contribution in [1.82, 2.24) is 4.90 Å². The van der Waals surface area contributed by atoms with Gasteiger partial charge >= 0.3 is 66.4 Å². The fourth-order valence-electron chi connectivity index (χ4n) is 6.81. The fourth-order valence-corrected chi connectivity index (χ4v) is 6.81. The van der Waals surface area contributed by atoms with Crippen LogP contribution in [-0.2, 0) is 109 Å². The largest absolute Gasteiger partial charge is 0.511 e. The lowest BCUT2D eigenvalue weighted by Gasteiger charge is -2.31. The highest BCUT2D eigenvalue weighted by atomic mass is 16.8. The minimum Gasteiger partial charge on any atom is -0.466 e. The molecule has 4 heterocycles. The molecule has 5 rings (SSSR count). The van der Waals surface area contributed by atoms with Crippen LogP contribution in [0.25, 0.3) is 0 Å². The first-order chi connectivity index (χ1) is 37.5. The second-order valence-electron chi connectivity index (χ2n) is 22.1. The van der Waals surface area contributed by atoms with Gasteiger partial charge in [0.2, 0.25) is 24.7 Å². The molecule has 0 aromatic carbocycles. The molecule has 5 fully saturated rings. The van der Waals surface area contributed by atoms with E-state index in [1.165, 1.54) is 7.11 Å². The van der Waals surface area contributed by atoms with Crippen LogP contribution in [-0.4, -0.2) is 187 Å². The van der Waals surface area contributed by atoms with E-state index < -0.39 is 119 Å². The predicted molar refractivity (Wildman–Crippen MR) is 273 cm³/mol. The van der Waals surface area contributed by atoms with Gasteiger partial charge in [-0.3, -0.25) is 33.7 Å². The third-order valence-electron chi connectivity index (χ3n) is 13.8. The molecule has 81 heavy (non-hydrogen) atoms. The fraction of sp³-hybridized carbons (Fsp3) is 0.792. The van der Waals surface area contributed by atoms with Crippen LogP contribution in [0.3, 0.4) is 0 Å². The van der Waals surface area contributed by atoms with Gasteiger partial charge in [0.15, 0.2) is 11.7 Å². The summed E-state index contributed by atoms with van der Waals surface area (Å²) in [6.45, 7) is 22.7. The van der Waals surface area contributed by atoms with Gasteiger partial charge in [-0.2, -0.15) is 0 Å². The molecule has 0 amide bonds. The van der Waals surface area contributed by atoms with Crippen molar-refractivity contribution in [2.24, 2.45) is 21.7 Å². The number of cyclic esters (lactones) is 6. The number of nitrogens with zero attached hydrogens (tertiary/aromatic N) is 1. The van der Waals surface area contributed by atoms with E-state index in [-0.39, 0.29) is 63.3 Å². The van der Waals surface area contributed by atoms with Crippen molar-refractivity contribution in [3.63, 3.8) is 0 Å². The number of ether oxygens (including phenoxy) is 16. The number of carbonyl (C=O) groups excluding carboxylic acids is 11. The van der Waals surface area contributed by atoms with Crippen molar-refractivity contribution in [2.75, 3.05) is 61.3 Å². The van der Waals surface area contributed by atoms with E-state index >= 15 is 0 Å². The zero-order chi connectivity index (χ0) is 61.8. The maximum atomic E-state index is 11.9. The van der Waals surface area contributed by atoms with Gasteiger partial charge in [-0.25, -0.2) is 24.0 Å². The minimum atomic E-state index is -1.20. The Bertz CT molecular complexity index is 2210. The summed E-state index contributed by atoms with van der Waals surface area (Å²) in [6.07, 6.45) is -5.66. The quantitative estimate of drug-likeness (QED) is 0.0504. The number of rotatable bonds is 23. The second-order valence-corrected chi connectivity index (χ2v) is 22.1. The summed E-state index contributed by atoms with van der Waals surface area (Å²) in [7, 11) is 6.00.